The Balaban J connectivity index is 2.41. The van der Waals surface area contributed by atoms with E-state index in [0.29, 0.717) is 22.9 Å². The summed E-state index contributed by atoms with van der Waals surface area (Å²) >= 11 is 1.52. The van der Waals surface area contributed by atoms with Crippen LogP contribution in [0.25, 0.3) is 0 Å². The zero-order valence-electron chi connectivity index (χ0n) is 11.5. The predicted molar refractivity (Wildman–Crippen MR) is 75.8 cm³/mol. The minimum Gasteiger partial charge on any atom is -0.465 e. The topological polar surface area (TPSA) is 55.4 Å². The second-order valence-electron chi connectivity index (χ2n) is 4.95. The Bertz CT molecular complexity index is 507. The largest absolute Gasteiger partial charge is 0.465 e. The van der Waals surface area contributed by atoms with E-state index in [4.69, 9.17) is 4.74 Å². The van der Waals surface area contributed by atoms with Crippen molar-refractivity contribution in [3.8, 4) is 0 Å². The summed E-state index contributed by atoms with van der Waals surface area (Å²) in [5, 5.41) is 3.48. The van der Waals surface area contributed by atoms with Crippen molar-refractivity contribution < 1.29 is 14.3 Å². The average Bonchev–Trinajstić information content (AvgIpc) is 2.74. The quantitative estimate of drug-likeness (QED) is 0.866. The van der Waals surface area contributed by atoms with Crippen LogP contribution in [0.4, 0.5) is 5.00 Å². The monoisotopic (exact) mass is 281 g/mol. The van der Waals surface area contributed by atoms with Gasteiger partial charge in [-0.25, -0.2) is 4.79 Å². The third kappa shape index (κ3) is 2.81. The first-order valence-electron chi connectivity index (χ1n) is 6.59. The van der Waals surface area contributed by atoms with Crippen LogP contribution in [0, 0.1) is 5.92 Å². The van der Waals surface area contributed by atoms with Gasteiger partial charge >= 0.3 is 5.97 Å². The summed E-state index contributed by atoms with van der Waals surface area (Å²) in [5.74, 6) is 0.210. The fourth-order valence-corrected chi connectivity index (χ4v) is 3.79. The maximum atomic E-state index is 12.0. The van der Waals surface area contributed by atoms with Gasteiger partial charge < -0.3 is 10.1 Å². The molecule has 0 fully saturated rings. The first-order chi connectivity index (χ1) is 9.06. The lowest BCUT2D eigenvalue weighted by atomic mass is 9.88. The van der Waals surface area contributed by atoms with E-state index in [-0.39, 0.29) is 11.9 Å². The second-order valence-corrected chi connectivity index (χ2v) is 6.05. The lowest BCUT2D eigenvalue weighted by Gasteiger charge is -2.18. The minimum atomic E-state index is -0.349. The Morgan fingerprint density at radius 2 is 2.21 bits per heavy atom. The third-order valence-corrected chi connectivity index (χ3v) is 4.65. The standard InChI is InChI=1S/C14H19NO3S/c1-4-11(16)15-13-12(14(17)18-3)9-6-5-8(2)7-10(9)19-13/h8H,4-7H2,1-3H3,(H,15,16). The Kier molecular flexibility index (Phi) is 4.24. The van der Waals surface area contributed by atoms with Crippen molar-refractivity contribution in [3.05, 3.63) is 16.0 Å². The van der Waals surface area contributed by atoms with E-state index in [1.807, 2.05) is 0 Å². The number of ether oxygens (including phenoxy) is 1. The minimum absolute atomic E-state index is 0.0724. The molecule has 0 bridgehead atoms. The maximum absolute atomic E-state index is 12.0. The molecule has 0 aromatic carbocycles. The Hall–Kier alpha value is -1.36. The molecule has 1 aliphatic carbocycles. The first kappa shape index (κ1) is 14.1. The van der Waals surface area contributed by atoms with Crippen LogP contribution in [0.3, 0.4) is 0 Å². The Labute approximate surface area is 117 Å². The molecule has 1 atom stereocenters. The molecule has 0 aliphatic heterocycles. The zero-order valence-corrected chi connectivity index (χ0v) is 12.4. The molecule has 1 unspecified atom stereocenters. The molecule has 1 aliphatic rings. The Morgan fingerprint density at radius 3 is 2.84 bits per heavy atom. The van der Waals surface area contributed by atoms with E-state index in [1.165, 1.54) is 23.3 Å². The first-order valence-corrected chi connectivity index (χ1v) is 7.41. The van der Waals surface area contributed by atoms with E-state index in [2.05, 4.69) is 12.2 Å². The highest BCUT2D eigenvalue weighted by Crippen LogP contribution is 2.40. The van der Waals surface area contributed by atoms with E-state index < -0.39 is 0 Å². The lowest BCUT2D eigenvalue weighted by molar-refractivity contribution is -0.115. The molecular weight excluding hydrogens is 262 g/mol. The molecule has 1 aromatic heterocycles. The molecule has 0 radical (unpaired) electrons. The van der Waals surface area contributed by atoms with Gasteiger partial charge in [-0.1, -0.05) is 13.8 Å². The van der Waals surface area contributed by atoms with Crippen molar-refractivity contribution in [2.75, 3.05) is 12.4 Å². The normalized spacial score (nSPS) is 17.7. The number of thiophene rings is 1. The van der Waals surface area contributed by atoms with Crippen molar-refractivity contribution in [3.63, 3.8) is 0 Å². The third-order valence-electron chi connectivity index (χ3n) is 3.48. The number of methoxy groups -OCH3 is 1. The van der Waals surface area contributed by atoms with Crippen molar-refractivity contribution >= 4 is 28.2 Å². The van der Waals surface area contributed by atoms with Crippen LogP contribution < -0.4 is 5.32 Å². The predicted octanol–water partition coefficient (Wildman–Crippen LogP) is 3.01. The van der Waals surface area contributed by atoms with Crippen molar-refractivity contribution in [2.24, 2.45) is 5.92 Å². The van der Waals surface area contributed by atoms with Crippen molar-refractivity contribution in [1.82, 2.24) is 0 Å². The smallest absolute Gasteiger partial charge is 0.341 e. The number of anilines is 1. The molecule has 2 rings (SSSR count). The van der Waals surface area contributed by atoms with Crippen LogP contribution in [-0.2, 0) is 22.4 Å². The molecule has 0 spiro atoms. The fraction of sp³-hybridized carbons (Fsp3) is 0.571. The molecule has 1 amide bonds. The molecule has 5 heteroatoms. The van der Waals surface area contributed by atoms with Crippen LogP contribution >= 0.6 is 11.3 Å². The molecule has 1 N–H and O–H groups in total. The molecule has 4 nitrogen and oxygen atoms in total. The van der Waals surface area contributed by atoms with E-state index in [1.54, 1.807) is 6.92 Å². The highest BCUT2D eigenvalue weighted by Gasteiger charge is 2.28. The summed E-state index contributed by atoms with van der Waals surface area (Å²) in [6, 6.07) is 0. The van der Waals surface area contributed by atoms with Gasteiger partial charge in [0.2, 0.25) is 5.91 Å². The Morgan fingerprint density at radius 1 is 1.47 bits per heavy atom. The number of esters is 1. The molecule has 0 saturated heterocycles. The van der Waals surface area contributed by atoms with Crippen LogP contribution in [0.1, 0.15) is 47.5 Å². The number of carbonyl (C=O) groups is 2. The summed E-state index contributed by atoms with van der Waals surface area (Å²) in [4.78, 5) is 24.7. The lowest BCUT2D eigenvalue weighted by Crippen LogP contribution is -2.15. The molecule has 104 valence electrons. The number of carbonyl (C=O) groups excluding carboxylic acids is 2. The van der Waals surface area contributed by atoms with Crippen LogP contribution in [0.15, 0.2) is 0 Å². The van der Waals surface area contributed by atoms with Crippen LogP contribution in [-0.4, -0.2) is 19.0 Å². The number of nitrogens with one attached hydrogen (secondary N) is 1. The van der Waals surface area contributed by atoms with Crippen LogP contribution in [0.2, 0.25) is 0 Å². The van der Waals surface area contributed by atoms with Gasteiger partial charge in [-0.15, -0.1) is 11.3 Å². The molecular formula is C14H19NO3S. The number of rotatable bonds is 3. The molecule has 1 heterocycles. The molecule has 19 heavy (non-hydrogen) atoms. The van der Waals surface area contributed by atoms with Crippen molar-refractivity contribution in [1.29, 1.82) is 0 Å². The summed E-state index contributed by atoms with van der Waals surface area (Å²) in [7, 11) is 1.38. The summed E-state index contributed by atoms with van der Waals surface area (Å²) < 4.78 is 4.86. The second kappa shape index (κ2) is 5.74. The average molecular weight is 281 g/mol. The zero-order chi connectivity index (χ0) is 14.0. The van der Waals surface area contributed by atoms with E-state index >= 15 is 0 Å². The highest BCUT2D eigenvalue weighted by molar-refractivity contribution is 7.17. The highest BCUT2D eigenvalue weighted by atomic mass is 32.1. The summed E-state index contributed by atoms with van der Waals surface area (Å²) in [5.41, 5.74) is 1.64. The van der Waals surface area contributed by atoms with Gasteiger partial charge in [-0.05, 0) is 30.7 Å². The van der Waals surface area contributed by atoms with Gasteiger partial charge in [0.1, 0.15) is 5.00 Å². The van der Waals surface area contributed by atoms with Gasteiger partial charge in [-0.2, -0.15) is 0 Å². The van der Waals surface area contributed by atoms with E-state index in [9.17, 15) is 9.59 Å². The summed E-state index contributed by atoms with van der Waals surface area (Å²) in [6.45, 7) is 4.01. The van der Waals surface area contributed by atoms with Gasteiger partial charge in [0, 0.05) is 11.3 Å². The van der Waals surface area contributed by atoms with Crippen LogP contribution in [0.5, 0.6) is 0 Å². The maximum Gasteiger partial charge on any atom is 0.341 e. The molecule has 1 aromatic rings. The van der Waals surface area contributed by atoms with Gasteiger partial charge in [0.25, 0.3) is 0 Å². The number of amides is 1. The fourth-order valence-electron chi connectivity index (χ4n) is 2.37. The number of hydrogen-bond donors (Lipinski definition) is 1. The molecule has 0 saturated carbocycles. The number of fused-ring (bicyclic) bond motifs is 1. The number of hydrogen-bond acceptors (Lipinski definition) is 4. The van der Waals surface area contributed by atoms with Gasteiger partial charge in [0.15, 0.2) is 0 Å². The van der Waals surface area contributed by atoms with Gasteiger partial charge in [-0.3, -0.25) is 4.79 Å². The van der Waals surface area contributed by atoms with Crippen molar-refractivity contribution in [2.45, 2.75) is 39.5 Å². The summed E-state index contributed by atoms with van der Waals surface area (Å²) in [6.07, 6.45) is 3.35. The van der Waals surface area contributed by atoms with E-state index in [0.717, 1.165) is 24.8 Å². The SMILES string of the molecule is CCC(=O)Nc1sc2c(c1C(=O)OC)CCC(C)C2. The van der Waals surface area contributed by atoms with Gasteiger partial charge in [0.05, 0.1) is 12.7 Å².